The standard InChI is InChI=1S/C23H25FN6OS/c1-4-31-20-11-9-19(10-12-20)28-23(32)30-21(25-14-17-5-7-18(24)8-6-17)29-22-26-15(2)13-16(3)27-22/h5-13H,4,14H2,1-3H3,(H3,25,26,27,28,29,30,32). The highest BCUT2D eigenvalue weighted by Gasteiger charge is 2.08. The van der Waals surface area contributed by atoms with Crippen LogP contribution in [0.4, 0.5) is 16.0 Å². The van der Waals surface area contributed by atoms with Crippen molar-refractivity contribution < 1.29 is 9.13 Å². The van der Waals surface area contributed by atoms with Gasteiger partial charge in [-0.1, -0.05) is 12.1 Å². The molecule has 3 N–H and O–H groups in total. The van der Waals surface area contributed by atoms with E-state index in [-0.39, 0.29) is 5.82 Å². The number of hydrogen-bond donors (Lipinski definition) is 3. The van der Waals surface area contributed by atoms with E-state index in [0.29, 0.717) is 30.2 Å². The zero-order valence-electron chi connectivity index (χ0n) is 18.1. The van der Waals surface area contributed by atoms with Crippen molar-refractivity contribution in [3.8, 4) is 5.75 Å². The Hall–Kier alpha value is -3.59. The van der Waals surface area contributed by atoms with E-state index in [4.69, 9.17) is 17.0 Å². The third kappa shape index (κ3) is 7.28. The number of nitrogens with one attached hydrogen (secondary N) is 3. The zero-order chi connectivity index (χ0) is 22.9. The molecule has 0 saturated carbocycles. The lowest BCUT2D eigenvalue weighted by atomic mass is 10.2. The quantitative estimate of drug-likeness (QED) is 0.287. The molecule has 166 valence electrons. The van der Waals surface area contributed by atoms with Gasteiger partial charge < -0.3 is 15.4 Å². The molecular formula is C23H25FN6OS. The number of halogens is 1. The fraction of sp³-hybridized carbons (Fsp3) is 0.217. The van der Waals surface area contributed by atoms with Crippen molar-refractivity contribution in [3.63, 3.8) is 0 Å². The van der Waals surface area contributed by atoms with E-state index < -0.39 is 0 Å². The van der Waals surface area contributed by atoms with E-state index in [1.807, 2.05) is 51.1 Å². The summed E-state index contributed by atoms with van der Waals surface area (Å²) < 4.78 is 18.6. The Labute approximate surface area is 192 Å². The van der Waals surface area contributed by atoms with E-state index in [1.165, 1.54) is 12.1 Å². The van der Waals surface area contributed by atoms with Crippen LogP contribution in [-0.4, -0.2) is 27.6 Å². The molecule has 32 heavy (non-hydrogen) atoms. The topological polar surface area (TPSA) is 83.5 Å². The molecule has 0 fully saturated rings. The summed E-state index contributed by atoms with van der Waals surface area (Å²) in [6.07, 6.45) is 0. The monoisotopic (exact) mass is 452 g/mol. The molecule has 0 aliphatic rings. The number of thiocarbonyl (C=S) groups is 1. The average molecular weight is 453 g/mol. The summed E-state index contributed by atoms with van der Waals surface area (Å²) in [6, 6.07) is 15.5. The summed E-state index contributed by atoms with van der Waals surface area (Å²) in [5.74, 6) is 1.25. The Balaban J connectivity index is 1.73. The highest BCUT2D eigenvalue weighted by Crippen LogP contribution is 2.15. The average Bonchev–Trinajstić information content (AvgIpc) is 2.74. The van der Waals surface area contributed by atoms with Crippen LogP contribution in [0.3, 0.4) is 0 Å². The lowest BCUT2D eigenvalue weighted by Crippen LogP contribution is -2.39. The fourth-order valence-electron chi connectivity index (χ4n) is 2.83. The van der Waals surface area contributed by atoms with Gasteiger partial charge in [0.2, 0.25) is 11.9 Å². The molecule has 0 aliphatic carbocycles. The maximum Gasteiger partial charge on any atom is 0.229 e. The number of hydrogen-bond acceptors (Lipinski definition) is 5. The third-order valence-corrected chi connectivity index (χ3v) is 4.40. The van der Waals surface area contributed by atoms with Crippen LogP contribution in [0, 0.1) is 19.7 Å². The number of aliphatic imine (C=N–C) groups is 1. The molecule has 2 aromatic carbocycles. The number of ether oxygens (including phenoxy) is 1. The Morgan fingerprint density at radius 1 is 1.00 bits per heavy atom. The molecule has 0 amide bonds. The predicted octanol–water partition coefficient (Wildman–Crippen LogP) is 4.59. The zero-order valence-corrected chi connectivity index (χ0v) is 19.0. The molecule has 0 saturated heterocycles. The maximum atomic E-state index is 13.2. The molecule has 9 heteroatoms. The number of aryl methyl sites for hydroxylation is 2. The van der Waals surface area contributed by atoms with Gasteiger partial charge in [-0.05, 0) is 81.0 Å². The van der Waals surface area contributed by atoms with E-state index in [0.717, 1.165) is 28.4 Å². The van der Waals surface area contributed by atoms with Crippen LogP contribution in [0.1, 0.15) is 23.9 Å². The van der Waals surface area contributed by atoms with Gasteiger partial charge in [-0.15, -0.1) is 0 Å². The number of nitrogens with zero attached hydrogens (tertiary/aromatic N) is 3. The van der Waals surface area contributed by atoms with Gasteiger partial charge in [0, 0.05) is 17.1 Å². The molecular weight excluding hydrogens is 427 g/mol. The Morgan fingerprint density at radius 2 is 1.66 bits per heavy atom. The van der Waals surface area contributed by atoms with Gasteiger partial charge in [0.1, 0.15) is 11.6 Å². The van der Waals surface area contributed by atoms with Crippen LogP contribution in [0.25, 0.3) is 0 Å². The second kappa shape index (κ2) is 11.1. The van der Waals surface area contributed by atoms with Crippen molar-refractivity contribution >= 4 is 34.9 Å². The smallest absolute Gasteiger partial charge is 0.229 e. The third-order valence-electron chi connectivity index (χ3n) is 4.20. The van der Waals surface area contributed by atoms with Crippen LogP contribution >= 0.6 is 12.2 Å². The van der Waals surface area contributed by atoms with Crippen molar-refractivity contribution in [2.75, 3.05) is 17.2 Å². The fourth-order valence-corrected chi connectivity index (χ4v) is 3.04. The van der Waals surface area contributed by atoms with Crippen molar-refractivity contribution in [1.82, 2.24) is 15.3 Å². The van der Waals surface area contributed by atoms with Gasteiger partial charge in [-0.3, -0.25) is 5.32 Å². The minimum Gasteiger partial charge on any atom is -0.494 e. The molecule has 3 aromatic rings. The second-order valence-corrected chi connectivity index (χ2v) is 7.34. The van der Waals surface area contributed by atoms with Crippen LogP contribution in [-0.2, 0) is 6.54 Å². The first-order chi connectivity index (χ1) is 15.4. The molecule has 3 rings (SSSR count). The Morgan fingerprint density at radius 3 is 2.28 bits per heavy atom. The largest absolute Gasteiger partial charge is 0.494 e. The molecule has 1 aromatic heterocycles. The van der Waals surface area contributed by atoms with Gasteiger partial charge >= 0.3 is 0 Å². The van der Waals surface area contributed by atoms with E-state index >= 15 is 0 Å². The Kier molecular flexibility index (Phi) is 8.04. The summed E-state index contributed by atoms with van der Waals surface area (Å²) in [4.78, 5) is 13.3. The normalized spacial score (nSPS) is 11.1. The van der Waals surface area contributed by atoms with Crippen molar-refractivity contribution in [2.45, 2.75) is 27.3 Å². The summed E-state index contributed by atoms with van der Waals surface area (Å²) >= 11 is 5.45. The predicted molar refractivity (Wildman–Crippen MR) is 130 cm³/mol. The molecule has 0 atom stereocenters. The summed E-state index contributed by atoms with van der Waals surface area (Å²) in [5, 5.41) is 9.57. The molecule has 7 nitrogen and oxygen atoms in total. The molecule has 0 bridgehead atoms. The van der Waals surface area contributed by atoms with Crippen molar-refractivity contribution in [1.29, 1.82) is 0 Å². The van der Waals surface area contributed by atoms with Gasteiger partial charge in [-0.25, -0.2) is 19.4 Å². The number of aromatic nitrogens is 2. The van der Waals surface area contributed by atoms with Gasteiger partial charge in [0.25, 0.3) is 0 Å². The van der Waals surface area contributed by atoms with Crippen LogP contribution in [0.2, 0.25) is 0 Å². The van der Waals surface area contributed by atoms with Crippen molar-refractivity contribution in [2.24, 2.45) is 4.99 Å². The van der Waals surface area contributed by atoms with Gasteiger partial charge in [-0.2, -0.15) is 0 Å². The SMILES string of the molecule is CCOc1ccc(NC(=S)NC(=NCc2ccc(F)cc2)Nc2nc(C)cc(C)n2)cc1. The number of rotatable bonds is 6. The summed E-state index contributed by atoms with van der Waals surface area (Å²) in [5.41, 5.74) is 3.30. The minimum atomic E-state index is -0.293. The second-order valence-electron chi connectivity index (χ2n) is 6.93. The highest BCUT2D eigenvalue weighted by molar-refractivity contribution is 7.80. The van der Waals surface area contributed by atoms with E-state index in [9.17, 15) is 4.39 Å². The molecule has 0 aliphatic heterocycles. The lowest BCUT2D eigenvalue weighted by Gasteiger charge is -2.14. The van der Waals surface area contributed by atoms with Crippen LogP contribution in [0.5, 0.6) is 5.75 Å². The molecule has 0 unspecified atom stereocenters. The number of benzene rings is 2. The lowest BCUT2D eigenvalue weighted by molar-refractivity contribution is 0.340. The Bertz CT molecular complexity index is 1070. The highest BCUT2D eigenvalue weighted by atomic mass is 32.1. The number of anilines is 2. The first-order valence-electron chi connectivity index (χ1n) is 10.1. The summed E-state index contributed by atoms with van der Waals surface area (Å²) in [6.45, 7) is 6.63. The van der Waals surface area contributed by atoms with Crippen LogP contribution in [0.15, 0.2) is 59.6 Å². The van der Waals surface area contributed by atoms with E-state index in [1.54, 1.807) is 12.1 Å². The minimum absolute atomic E-state index is 0.293. The first kappa shape index (κ1) is 23.1. The number of guanidine groups is 1. The van der Waals surface area contributed by atoms with Crippen molar-refractivity contribution in [3.05, 3.63) is 77.4 Å². The van der Waals surface area contributed by atoms with Gasteiger partial charge in [0.05, 0.1) is 13.2 Å². The molecule has 1 heterocycles. The molecule has 0 spiro atoms. The van der Waals surface area contributed by atoms with E-state index in [2.05, 4.69) is 30.9 Å². The maximum absolute atomic E-state index is 13.2. The summed E-state index contributed by atoms with van der Waals surface area (Å²) in [7, 11) is 0. The van der Waals surface area contributed by atoms with Gasteiger partial charge in [0.15, 0.2) is 5.11 Å². The molecule has 0 radical (unpaired) electrons. The van der Waals surface area contributed by atoms with Crippen LogP contribution < -0.4 is 20.7 Å². The first-order valence-corrected chi connectivity index (χ1v) is 10.5.